The molecular weight excluding hydrogens is 425 g/mol. The molecule has 1 aliphatic rings. The van der Waals surface area contributed by atoms with Crippen LogP contribution in [-0.4, -0.2) is 46.9 Å². The number of halogens is 3. The summed E-state index contributed by atoms with van der Waals surface area (Å²) in [4.78, 5) is 8.68. The Balaban J connectivity index is 1.95. The monoisotopic (exact) mass is 452 g/mol. The molecule has 1 heterocycles. The highest BCUT2D eigenvalue weighted by molar-refractivity contribution is 6.00. The molecule has 7 nitrogen and oxygen atoms in total. The molecule has 10 heteroatoms. The smallest absolute Gasteiger partial charge is 0.422 e. The topological polar surface area (TPSA) is 114 Å². The number of hydrogen-bond acceptors (Lipinski definition) is 6. The number of rotatable bonds is 4. The van der Waals surface area contributed by atoms with Crippen molar-refractivity contribution in [1.29, 1.82) is 5.41 Å². The fourth-order valence-electron chi connectivity index (χ4n) is 3.43. The molecule has 0 aliphatic heterocycles. The molecule has 1 aromatic heterocycles. The Kier molecular flexibility index (Phi) is 6.37. The minimum Gasteiger partial charge on any atom is -0.484 e. The van der Waals surface area contributed by atoms with Crippen LogP contribution in [0.1, 0.15) is 50.4 Å². The van der Waals surface area contributed by atoms with Crippen LogP contribution in [0.2, 0.25) is 0 Å². The van der Waals surface area contributed by atoms with E-state index in [1.807, 2.05) is 20.8 Å². The Labute approximate surface area is 184 Å². The molecule has 0 unspecified atom stereocenters. The van der Waals surface area contributed by atoms with Gasteiger partial charge in [-0.1, -0.05) is 20.8 Å². The van der Waals surface area contributed by atoms with Crippen LogP contribution < -0.4 is 10.5 Å². The van der Waals surface area contributed by atoms with Crippen molar-refractivity contribution >= 4 is 22.8 Å². The number of aliphatic hydroxyl groups is 1. The summed E-state index contributed by atoms with van der Waals surface area (Å²) in [6, 6.07) is 4.35. The number of ether oxygens (including phenoxy) is 2. The van der Waals surface area contributed by atoms with Crippen LogP contribution in [-0.2, 0) is 10.2 Å². The average molecular weight is 452 g/mol. The summed E-state index contributed by atoms with van der Waals surface area (Å²) >= 11 is 0. The number of alkyl halides is 3. The lowest BCUT2D eigenvalue weighted by atomic mass is 9.84. The number of amidine groups is 1. The van der Waals surface area contributed by atoms with Gasteiger partial charge in [0, 0.05) is 5.39 Å². The lowest BCUT2D eigenvalue weighted by Crippen LogP contribution is -2.34. The molecule has 0 amide bonds. The van der Waals surface area contributed by atoms with Gasteiger partial charge in [0.15, 0.2) is 6.61 Å². The molecule has 4 N–H and O–H groups in total. The summed E-state index contributed by atoms with van der Waals surface area (Å²) in [5.41, 5.74) is 7.45. The Morgan fingerprint density at radius 3 is 2.47 bits per heavy atom. The predicted octanol–water partition coefficient (Wildman–Crippen LogP) is 3.96. The maximum absolute atomic E-state index is 12.6. The van der Waals surface area contributed by atoms with Gasteiger partial charge in [0.2, 0.25) is 5.90 Å². The van der Waals surface area contributed by atoms with Crippen molar-refractivity contribution in [2.75, 3.05) is 6.61 Å². The van der Waals surface area contributed by atoms with Gasteiger partial charge in [0.25, 0.3) is 6.02 Å². The highest BCUT2D eigenvalue weighted by Crippen LogP contribution is 2.35. The third-order valence-electron chi connectivity index (χ3n) is 5.14. The predicted molar refractivity (Wildman–Crippen MR) is 115 cm³/mol. The zero-order valence-electron chi connectivity index (χ0n) is 18.4. The van der Waals surface area contributed by atoms with Crippen LogP contribution in [0, 0.1) is 12.3 Å². The largest absolute Gasteiger partial charge is 0.484 e. The van der Waals surface area contributed by atoms with Crippen LogP contribution in [0.4, 0.5) is 13.2 Å². The van der Waals surface area contributed by atoms with E-state index >= 15 is 0 Å². The number of nitrogens with one attached hydrogen (secondary N) is 1. The van der Waals surface area contributed by atoms with Gasteiger partial charge in [0.05, 0.1) is 17.7 Å². The van der Waals surface area contributed by atoms with Gasteiger partial charge in [-0.2, -0.15) is 13.2 Å². The molecule has 0 bridgehead atoms. The van der Waals surface area contributed by atoms with Crippen molar-refractivity contribution in [2.45, 2.75) is 64.3 Å². The standard InChI is InChI=1S/C22H27F3N4O3/c1-11-5-17(19(26)32-20(27)28-12-6-13(30)7-12)29-18-15(11)8-14(31-10-22(23,24)25)9-16(18)21(2,3)4/h5,8-9,12-13,26,30H,6-7,10H2,1-4H3,(H2,27,28). The van der Waals surface area contributed by atoms with E-state index in [1.54, 1.807) is 19.1 Å². The van der Waals surface area contributed by atoms with E-state index < -0.39 is 18.2 Å². The van der Waals surface area contributed by atoms with Gasteiger partial charge in [-0.05, 0) is 54.5 Å². The Hall–Kier alpha value is -2.88. The van der Waals surface area contributed by atoms with Gasteiger partial charge >= 0.3 is 6.18 Å². The molecule has 3 rings (SSSR count). The van der Waals surface area contributed by atoms with Crippen molar-refractivity contribution in [2.24, 2.45) is 10.7 Å². The number of aromatic nitrogens is 1. The third-order valence-corrected chi connectivity index (χ3v) is 5.14. The molecule has 1 fully saturated rings. The number of benzene rings is 1. The van der Waals surface area contributed by atoms with Crippen molar-refractivity contribution in [3.05, 3.63) is 35.0 Å². The molecule has 0 spiro atoms. The van der Waals surface area contributed by atoms with E-state index in [2.05, 4.69) is 9.98 Å². The Morgan fingerprint density at radius 2 is 1.91 bits per heavy atom. The van der Waals surface area contributed by atoms with Crippen LogP contribution in [0.5, 0.6) is 5.75 Å². The van der Waals surface area contributed by atoms with Crippen molar-refractivity contribution in [1.82, 2.24) is 4.98 Å². The lowest BCUT2D eigenvalue weighted by molar-refractivity contribution is -0.153. The zero-order chi connectivity index (χ0) is 23.8. The molecule has 174 valence electrons. The number of aryl methyl sites for hydroxylation is 1. The molecule has 1 saturated carbocycles. The number of pyridine rings is 1. The van der Waals surface area contributed by atoms with E-state index in [0.29, 0.717) is 34.9 Å². The maximum Gasteiger partial charge on any atom is 0.422 e. The normalized spacial score (nSPS) is 19.6. The van der Waals surface area contributed by atoms with Gasteiger partial charge in [-0.3, -0.25) is 5.41 Å². The van der Waals surface area contributed by atoms with Crippen LogP contribution in [0.25, 0.3) is 10.9 Å². The lowest BCUT2D eigenvalue weighted by Gasteiger charge is -2.27. The highest BCUT2D eigenvalue weighted by Gasteiger charge is 2.30. The number of aliphatic imine (C=N–C) groups is 1. The molecule has 2 aromatic rings. The van der Waals surface area contributed by atoms with E-state index in [1.165, 1.54) is 6.07 Å². The number of hydrogen-bond donors (Lipinski definition) is 3. The van der Waals surface area contributed by atoms with E-state index in [-0.39, 0.29) is 35.5 Å². The quantitative estimate of drug-likeness (QED) is 0.480. The SMILES string of the molecule is Cc1cc(C(=N)OC(N)=NC2CC(O)C2)nc2c(C(C)(C)C)cc(OCC(F)(F)F)cc12. The molecule has 0 radical (unpaired) electrons. The van der Waals surface area contributed by atoms with E-state index in [9.17, 15) is 18.3 Å². The third kappa shape index (κ3) is 5.67. The first-order chi connectivity index (χ1) is 14.7. The minimum absolute atomic E-state index is 0.0998. The summed E-state index contributed by atoms with van der Waals surface area (Å²) in [5.74, 6) is -0.198. The first kappa shape index (κ1) is 23.8. The van der Waals surface area contributed by atoms with Crippen molar-refractivity contribution in [3.63, 3.8) is 0 Å². The number of fused-ring (bicyclic) bond motifs is 1. The zero-order valence-corrected chi connectivity index (χ0v) is 18.4. The average Bonchev–Trinajstić information content (AvgIpc) is 2.63. The Bertz CT molecular complexity index is 1060. The van der Waals surface area contributed by atoms with Crippen molar-refractivity contribution < 1.29 is 27.8 Å². The molecule has 1 aromatic carbocycles. The molecule has 0 atom stereocenters. The van der Waals surface area contributed by atoms with Crippen LogP contribution >= 0.6 is 0 Å². The van der Waals surface area contributed by atoms with Gasteiger partial charge in [0.1, 0.15) is 11.4 Å². The van der Waals surface area contributed by atoms with Crippen LogP contribution in [0.15, 0.2) is 23.2 Å². The minimum atomic E-state index is -4.44. The van der Waals surface area contributed by atoms with Gasteiger partial charge in [-0.15, -0.1) is 0 Å². The highest BCUT2D eigenvalue weighted by atomic mass is 19.4. The van der Waals surface area contributed by atoms with Crippen LogP contribution in [0.3, 0.4) is 0 Å². The van der Waals surface area contributed by atoms with Gasteiger partial charge < -0.3 is 20.3 Å². The summed E-state index contributed by atoms with van der Waals surface area (Å²) in [6.07, 6.45) is -3.84. The number of nitrogens with two attached hydrogens (primary N) is 1. The van der Waals surface area contributed by atoms with E-state index in [4.69, 9.17) is 20.6 Å². The van der Waals surface area contributed by atoms with Crippen molar-refractivity contribution in [3.8, 4) is 5.75 Å². The Morgan fingerprint density at radius 1 is 1.25 bits per heavy atom. The number of aliphatic hydroxyl groups excluding tert-OH is 1. The molecule has 32 heavy (non-hydrogen) atoms. The molecular formula is C22H27F3N4O3. The number of nitrogens with zero attached hydrogens (tertiary/aromatic N) is 2. The second-order valence-corrected chi connectivity index (χ2v) is 9.02. The summed E-state index contributed by atoms with van der Waals surface area (Å²) in [5, 5.41) is 18.2. The molecule has 1 aliphatic carbocycles. The first-order valence-corrected chi connectivity index (χ1v) is 10.2. The second kappa shape index (κ2) is 8.57. The molecule has 0 saturated heterocycles. The fraction of sp³-hybridized carbons (Fsp3) is 0.500. The van der Waals surface area contributed by atoms with E-state index in [0.717, 1.165) is 0 Å². The van der Waals surface area contributed by atoms with Gasteiger partial charge in [-0.25, -0.2) is 9.98 Å². The fourth-order valence-corrected chi connectivity index (χ4v) is 3.43. The summed E-state index contributed by atoms with van der Waals surface area (Å²) in [7, 11) is 0. The maximum atomic E-state index is 12.6. The second-order valence-electron chi connectivity index (χ2n) is 9.02. The first-order valence-electron chi connectivity index (χ1n) is 10.2. The summed E-state index contributed by atoms with van der Waals surface area (Å²) in [6.45, 7) is 6.13. The summed E-state index contributed by atoms with van der Waals surface area (Å²) < 4.78 is 48.2.